The molecule has 0 saturated carbocycles. The molecule has 0 spiro atoms. The molecule has 8 heteroatoms. The summed E-state index contributed by atoms with van der Waals surface area (Å²) < 4.78 is 27.3. The SMILES string of the molecule is Cc1nc(CN2C[C@@H]3CN(Cc4ccccn4)C[C@@H]3S2(=O)=O)cs1. The van der Waals surface area contributed by atoms with Crippen molar-refractivity contribution in [2.24, 2.45) is 5.92 Å². The number of pyridine rings is 1. The van der Waals surface area contributed by atoms with Crippen molar-refractivity contribution >= 4 is 21.4 Å². The lowest BCUT2D eigenvalue weighted by Crippen LogP contribution is -2.34. The quantitative estimate of drug-likeness (QED) is 0.822. The summed E-state index contributed by atoms with van der Waals surface area (Å²) in [6.07, 6.45) is 1.78. The van der Waals surface area contributed by atoms with E-state index in [0.717, 1.165) is 22.9 Å². The van der Waals surface area contributed by atoms with Crippen LogP contribution in [0.2, 0.25) is 0 Å². The highest BCUT2D eigenvalue weighted by Crippen LogP contribution is 2.35. The number of nitrogens with zero attached hydrogens (tertiary/aromatic N) is 4. The molecule has 24 heavy (non-hydrogen) atoms. The zero-order valence-corrected chi connectivity index (χ0v) is 15.1. The molecule has 0 amide bonds. The van der Waals surface area contributed by atoms with Crippen LogP contribution in [-0.4, -0.2) is 52.5 Å². The van der Waals surface area contributed by atoms with Crippen LogP contribution in [0.5, 0.6) is 0 Å². The van der Waals surface area contributed by atoms with Crippen molar-refractivity contribution in [3.8, 4) is 0 Å². The minimum Gasteiger partial charge on any atom is -0.296 e. The monoisotopic (exact) mass is 364 g/mol. The highest BCUT2D eigenvalue weighted by atomic mass is 32.2. The van der Waals surface area contributed by atoms with Crippen LogP contribution in [0.3, 0.4) is 0 Å². The molecule has 2 aromatic heterocycles. The molecule has 2 atom stereocenters. The van der Waals surface area contributed by atoms with E-state index < -0.39 is 10.0 Å². The molecule has 0 unspecified atom stereocenters. The van der Waals surface area contributed by atoms with Gasteiger partial charge in [-0.3, -0.25) is 9.88 Å². The molecule has 2 fully saturated rings. The normalized spacial score (nSPS) is 26.7. The van der Waals surface area contributed by atoms with Crippen LogP contribution in [0.1, 0.15) is 16.4 Å². The van der Waals surface area contributed by atoms with E-state index in [9.17, 15) is 8.42 Å². The summed E-state index contributed by atoms with van der Waals surface area (Å²) >= 11 is 1.56. The van der Waals surface area contributed by atoms with Gasteiger partial charge in [-0.15, -0.1) is 11.3 Å². The lowest BCUT2D eigenvalue weighted by Gasteiger charge is -2.20. The summed E-state index contributed by atoms with van der Waals surface area (Å²) in [5.41, 5.74) is 1.84. The molecule has 2 aliphatic rings. The Hall–Kier alpha value is -1.35. The van der Waals surface area contributed by atoms with Crippen molar-refractivity contribution in [1.82, 2.24) is 19.2 Å². The second-order valence-corrected chi connectivity index (χ2v) is 9.72. The Morgan fingerprint density at radius 1 is 1.21 bits per heavy atom. The predicted octanol–water partition coefficient (Wildman–Crippen LogP) is 1.49. The Bertz CT molecular complexity index is 822. The molecular weight excluding hydrogens is 344 g/mol. The Kier molecular flexibility index (Phi) is 4.16. The summed E-state index contributed by atoms with van der Waals surface area (Å²) in [5.74, 6) is 0.179. The van der Waals surface area contributed by atoms with Gasteiger partial charge in [-0.1, -0.05) is 6.07 Å². The summed E-state index contributed by atoms with van der Waals surface area (Å²) in [4.78, 5) is 10.9. The van der Waals surface area contributed by atoms with Gasteiger partial charge in [0.25, 0.3) is 0 Å². The van der Waals surface area contributed by atoms with E-state index in [0.29, 0.717) is 26.2 Å². The highest BCUT2D eigenvalue weighted by molar-refractivity contribution is 7.90. The number of likely N-dealkylation sites (tertiary alicyclic amines) is 1. The first-order chi connectivity index (χ1) is 11.5. The van der Waals surface area contributed by atoms with Gasteiger partial charge in [0.1, 0.15) is 0 Å². The third kappa shape index (κ3) is 2.99. The second-order valence-electron chi connectivity index (χ2n) is 6.51. The Morgan fingerprint density at radius 3 is 2.75 bits per heavy atom. The van der Waals surface area contributed by atoms with Crippen LogP contribution in [0.25, 0.3) is 0 Å². The molecule has 0 aromatic carbocycles. The third-order valence-electron chi connectivity index (χ3n) is 4.75. The molecular formula is C16H20N4O2S2. The van der Waals surface area contributed by atoms with Gasteiger partial charge in [-0.25, -0.2) is 13.4 Å². The van der Waals surface area contributed by atoms with E-state index in [2.05, 4.69) is 14.9 Å². The third-order valence-corrected chi connectivity index (χ3v) is 7.87. The molecule has 0 radical (unpaired) electrons. The van der Waals surface area contributed by atoms with E-state index >= 15 is 0 Å². The zero-order chi connectivity index (χ0) is 16.7. The van der Waals surface area contributed by atoms with E-state index in [-0.39, 0.29) is 11.2 Å². The number of hydrogen-bond acceptors (Lipinski definition) is 6. The molecule has 2 aliphatic heterocycles. The molecule has 4 rings (SSSR count). The molecule has 2 aromatic rings. The van der Waals surface area contributed by atoms with Crippen molar-refractivity contribution in [2.75, 3.05) is 19.6 Å². The second kappa shape index (κ2) is 6.18. The summed E-state index contributed by atoms with van der Waals surface area (Å²) in [5, 5.41) is 2.64. The van der Waals surface area contributed by atoms with E-state index in [1.54, 1.807) is 21.8 Å². The summed E-state index contributed by atoms with van der Waals surface area (Å²) in [7, 11) is -3.24. The lowest BCUT2D eigenvalue weighted by molar-refractivity contribution is 0.291. The predicted molar refractivity (Wildman–Crippen MR) is 93.0 cm³/mol. The number of rotatable bonds is 4. The van der Waals surface area contributed by atoms with Crippen LogP contribution >= 0.6 is 11.3 Å². The fraction of sp³-hybridized carbons (Fsp3) is 0.500. The Balaban J connectivity index is 1.44. The van der Waals surface area contributed by atoms with Crippen molar-refractivity contribution in [1.29, 1.82) is 0 Å². The van der Waals surface area contributed by atoms with Crippen molar-refractivity contribution in [3.63, 3.8) is 0 Å². The highest BCUT2D eigenvalue weighted by Gasteiger charge is 2.50. The van der Waals surface area contributed by atoms with Crippen molar-refractivity contribution < 1.29 is 8.42 Å². The number of hydrogen-bond donors (Lipinski definition) is 0. The van der Waals surface area contributed by atoms with Crippen molar-refractivity contribution in [3.05, 3.63) is 46.2 Å². The maximum atomic E-state index is 12.8. The van der Waals surface area contributed by atoms with E-state index in [4.69, 9.17) is 0 Å². The van der Waals surface area contributed by atoms with Gasteiger partial charge in [-0.05, 0) is 19.1 Å². The number of fused-ring (bicyclic) bond motifs is 1. The topological polar surface area (TPSA) is 66.4 Å². The maximum Gasteiger partial charge on any atom is 0.218 e. The minimum atomic E-state index is -3.24. The standard InChI is InChI=1S/C16H20N4O2S2/c1-12-18-15(11-23-12)9-20-7-13-6-19(10-16(13)24(20,21)22)8-14-4-2-3-5-17-14/h2-5,11,13,16H,6-10H2,1H3/t13-,16-/m0/s1. The molecule has 0 bridgehead atoms. The fourth-order valence-electron chi connectivity index (χ4n) is 3.66. The van der Waals surface area contributed by atoms with Crippen molar-refractivity contribution in [2.45, 2.75) is 25.3 Å². The van der Waals surface area contributed by atoms with Gasteiger partial charge in [0.05, 0.1) is 28.2 Å². The summed E-state index contributed by atoms with van der Waals surface area (Å²) in [6.45, 7) is 5.07. The first-order valence-corrected chi connectivity index (χ1v) is 10.4. The minimum absolute atomic E-state index is 0.179. The van der Waals surface area contributed by atoms with E-state index in [1.807, 2.05) is 30.5 Å². The molecule has 4 heterocycles. The molecule has 6 nitrogen and oxygen atoms in total. The van der Waals surface area contributed by atoms with Gasteiger partial charge in [0.2, 0.25) is 10.0 Å². The fourth-order valence-corrected chi connectivity index (χ4v) is 6.42. The molecule has 2 saturated heterocycles. The smallest absolute Gasteiger partial charge is 0.218 e. The van der Waals surface area contributed by atoms with Gasteiger partial charge >= 0.3 is 0 Å². The number of aryl methyl sites for hydroxylation is 1. The average molecular weight is 364 g/mol. The average Bonchev–Trinajstić information content (AvgIpc) is 3.19. The van der Waals surface area contributed by atoms with Gasteiger partial charge in [0.15, 0.2) is 0 Å². The Morgan fingerprint density at radius 2 is 2.08 bits per heavy atom. The van der Waals surface area contributed by atoms with Crippen LogP contribution in [0.4, 0.5) is 0 Å². The van der Waals surface area contributed by atoms with Crippen LogP contribution in [0, 0.1) is 12.8 Å². The van der Waals surface area contributed by atoms with E-state index in [1.165, 1.54) is 0 Å². The van der Waals surface area contributed by atoms with Gasteiger partial charge in [-0.2, -0.15) is 4.31 Å². The Labute approximate surface area is 146 Å². The molecule has 0 aliphatic carbocycles. The van der Waals surface area contributed by atoms with Crippen LogP contribution < -0.4 is 0 Å². The van der Waals surface area contributed by atoms with Gasteiger partial charge in [0, 0.05) is 43.7 Å². The zero-order valence-electron chi connectivity index (χ0n) is 13.5. The maximum absolute atomic E-state index is 12.8. The largest absolute Gasteiger partial charge is 0.296 e. The molecule has 128 valence electrons. The number of sulfonamides is 1. The first kappa shape index (κ1) is 16.1. The van der Waals surface area contributed by atoms with Gasteiger partial charge < -0.3 is 0 Å². The lowest BCUT2D eigenvalue weighted by atomic mass is 10.1. The summed E-state index contributed by atoms with van der Waals surface area (Å²) in [6, 6.07) is 5.85. The molecule has 0 N–H and O–H groups in total. The number of thiazole rings is 1. The first-order valence-electron chi connectivity index (χ1n) is 8.04. The van der Waals surface area contributed by atoms with Crippen LogP contribution in [0.15, 0.2) is 29.8 Å². The number of aromatic nitrogens is 2. The van der Waals surface area contributed by atoms with Crippen LogP contribution in [-0.2, 0) is 23.1 Å².